The predicted octanol–water partition coefficient (Wildman–Crippen LogP) is 3.81. The normalized spacial score (nSPS) is 27.1. The van der Waals surface area contributed by atoms with Gasteiger partial charge in [0.1, 0.15) is 22.9 Å². The van der Waals surface area contributed by atoms with Crippen molar-refractivity contribution in [2.24, 2.45) is 11.8 Å². The number of ether oxygens (including phenoxy) is 2. The molecule has 1 fully saturated rings. The van der Waals surface area contributed by atoms with Crippen LogP contribution in [0.4, 0.5) is 4.39 Å². The quantitative estimate of drug-likeness (QED) is 0.843. The second-order valence-electron chi connectivity index (χ2n) is 6.88. The number of aryl methyl sites for hydroxylation is 1. The van der Waals surface area contributed by atoms with Crippen molar-refractivity contribution >= 4 is 5.78 Å². The Labute approximate surface area is 146 Å². The van der Waals surface area contributed by atoms with Crippen molar-refractivity contribution in [2.45, 2.75) is 39.2 Å². The Morgan fingerprint density at radius 3 is 2.96 bits per heavy atom. The van der Waals surface area contributed by atoms with E-state index in [1.165, 1.54) is 18.2 Å². The van der Waals surface area contributed by atoms with E-state index in [-0.39, 0.29) is 36.0 Å². The lowest BCUT2D eigenvalue weighted by Gasteiger charge is -2.38. The van der Waals surface area contributed by atoms with Gasteiger partial charge in [-0.05, 0) is 55.9 Å². The van der Waals surface area contributed by atoms with Gasteiger partial charge in [0.05, 0.1) is 0 Å². The van der Waals surface area contributed by atoms with Gasteiger partial charge in [-0.15, -0.1) is 0 Å². The van der Waals surface area contributed by atoms with Crippen molar-refractivity contribution in [3.05, 3.63) is 53.1 Å². The van der Waals surface area contributed by atoms with E-state index in [0.29, 0.717) is 29.7 Å². The minimum absolute atomic E-state index is 0.000543. The first-order valence-electron chi connectivity index (χ1n) is 8.51. The van der Waals surface area contributed by atoms with Gasteiger partial charge in [-0.2, -0.15) is 0 Å². The van der Waals surface area contributed by atoms with Crippen LogP contribution >= 0.6 is 0 Å². The smallest absolute Gasteiger partial charge is 0.189 e. The number of ketones is 1. The molecule has 0 unspecified atom stereocenters. The molecule has 0 aromatic heterocycles. The third-order valence-corrected chi connectivity index (χ3v) is 5.22. The molecule has 134 valence electrons. The molecular formula is C20H23FO4. The number of carbonyl (C=O) groups is 1. The second-order valence-corrected chi connectivity index (χ2v) is 6.88. The molecule has 3 atom stereocenters. The van der Waals surface area contributed by atoms with Crippen molar-refractivity contribution < 1.29 is 23.8 Å². The van der Waals surface area contributed by atoms with E-state index >= 15 is 0 Å². The van der Waals surface area contributed by atoms with Crippen LogP contribution in [-0.4, -0.2) is 23.3 Å². The van der Waals surface area contributed by atoms with E-state index in [0.717, 1.165) is 0 Å². The van der Waals surface area contributed by atoms with E-state index in [1.54, 1.807) is 6.92 Å². The van der Waals surface area contributed by atoms with E-state index in [2.05, 4.69) is 0 Å². The number of rotatable bonds is 4. The summed E-state index contributed by atoms with van der Waals surface area (Å²) in [4.78, 5) is 12.2. The molecule has 1 aliphatic heterocycles. The Hall–Kier alpha value is -2.14. The maximum absolute atomic E-state index is 14.3. The first kappa shape index (κ1) is 17.7. The fourth-order valence-electron chi connectivity index (χ4n) is 3.72. The maximum atomic E-state index is 14.3. The van der Waals surface area contributed by atoms with Crippen molar-refractivity contribution in [1.82, 2.24) is 0 Å². The van der Waals surface area contributed by atoms with Gasteiger partial charge in [-0.3, -0.25) is 4.79 Å². The van der Waals surface area contributed by atoms with Gasteiger partial charge in [-0.1, -0.05) is 19.1 Å². The standard InChI is InChI=1S/C20H23FO4/c1-4-5-14-10-20(19(9-18(14)23)24-11-25-20)13(3)7-15-8-17(22)12(2)6-16(15)21/h4-6,8-9,13-14,22H,7,10-11H2,1-3H3/b5-4+/t13-,14-,20+/m0/s1. The highest BCUT2D eigenvalue weighted by molar-refractivity contribution is 5.95. The zero-order chi connectivity index (χ0) is 18.2. The lowest BCUT2D eigenvalue weighted by atomic mass is 9.72. The van der Waals surface area contributed by atoms with Crippen LogP contribution in [0.2, 0.25) is 0 Å². The molecule has 1 aliphatic carbocycles. The Balaban J connectivity index is 1.92. The molecule has 1 aromatic rings. The molecule has 25 heavy (non-hydrogen) atoms. The highest BCUT2D eigenvalue weighted by Crippen LogP contribution is 2.46. The molecule has 0 amide bonds. The number of fused-ring (bicyclic) bond motifs is 1. The van der Waals surface area contributed by atoms with E-state index in [4.69, 9.17) is 9.47 Å². The van der Waals surface area contributed by atoms with Crippen LogP contribution in [-0.2, 0) is 20.7 Å². The van der Waals surface area contributed by atoms with Gasteiger partial charge >= 0.3 is 0 Å². The SMILES string of the molecule is C/C=C/[C@H]1C[C@]2([C@@H](C)Cc3cc(O)c(C)cc3F)OCOC2=CC1=O. The first-order chi connectivity index (χ1) is 11.9. The molecular weight excluding hydrogens is 323 g/mol. The zero-order valence-corrected chi connectivity index (χ0v) is 14.7. The summed E-state index contributed by atoms with van der Waals surface area (Å²) in [5.74, 6) is -0.137. The summed E-state index contributed by atoms with van der Waals surface area (Å²) in [5, 5.41) is 9.89. The van der Waals surface area contributed by atoms with Crippen LogP contribution in [0.1, 0.15) is 31.4 Å². The Kier molecular flexibility index (Phi) is 4.69. The number of phenols is 1. The molecule has 1 aromatic carbocycles. The van der Waals surface area contributed by atoms with Crippen molar-refractivity contribution in [1.29, 1.82) is 0 Å². The number of aromatic hydroxyl groups is 1. The van der Waals surface area contributed by atoms with Crippen LogP contribution in [0.3, 0.4) is 0 Å². The van der Waals surface area contributed by atoms with Gasteiger partial charge in [0.25, 0.3) is 0 Å². The Morgan fingerprint density at radius 2 is 2.24 bits per heavy atom. The Bertz CT molecular complexity index is 752. The van der Waals surface area contributed by atoms with E-state index < -0.39 is 5.60 Å². The number of carbonyl (C=O) groups excluding carboxylic acids is 1. The van der Waals surface area contributed by atoms with Gasteiger partial charge in [-0.25, -0.2) is 4.39 Å². The van der Waals surface area contributed by atoms with Crippen molar-refractivity contribution in [3.63, 3.8) is 0 Å². The summed E-state index contributed by atoms with van der Waals surface area (Å²) in [6.07, 6.45) is 6.08. The van der Waals surface area contributed by atoms with Gasteiger partial charge in [0, 0.05) is 12.0 Å². The largest absolute Gasteiger partial charge is 0.508 e. The number of halogens is 1. The third kappa shape index (κ3) is 3.09. The molecule has 0 spiro atoms. The molecule has 1 saturated heterocycles. The van der Waals surface area contributed by atoms with Gasteiger partial charge < -0.3 is 14.6 Å². The summed E-state index contributed by atoms with van der Waals surface area (Å²) in [6, 6.07) is 2.80. The Morgan fingerprint density at radius 1 is 1.48 bits per heavy atom. The van der Waals surface area contributed by atoms with Crippen LogP contribution in [0.25, 0.3) is 0 Å². The minimum atomic E-state index is -0.745. The van der Waals surface area contributed by atoms with Crippen LogP contribution in [0, 0.1) is 24.6 Å². The fraction of sp³-hybridized carbons (Fsp3) is 0.450. The highest BCUT2D eigenvalue weighted by atomic mass is 19.1. The molecule has 4 nitrogen and oxygen atoms in total. The van der Waals surface area contributed by atoms with Crippen LogP contribution < -0.4 is 0 Å². The van der Waals surface area contributed by atoms with Crippen molar-refractivity contribution in [3.8, 4) is 5.75 Å². The number of hydrogen-bond acceptors (Lipinski definition) is 4. The average Bonchev–Trinajstić information content (AvgIpc) is 2.97. The van der Waals surface area contributed by atoms with Crippen molar-refractivity contribution in [2.75, 3.05) is 6.79 Å². The topological polar surface area (TPSA) is 55.8 Å². The summed E-state index contributed by atoms with van der Waals surface area (Å²) in [6.45, 7) is 5.58. The summed E-state index contributed by atoms with van der Waals surface area (Å²) >= 11 is 0. The highest BCUT2D eigenvalue weighted by Gasteiger charge is 2.51. The zero-order valence-electron chi connectivity index (χ0n) is 14.7. The molecule has 2 aliphatic rings. The monoisotopic (exact) mass is 346 g/mol. The summed E-state index contributed by atoms with van der Waals surface area (Å²) < 4.78 is 25.8. The molecule has 5 heteroatoms. The minimum Gasteiger partial charge on any atom is -0.508 e. The number of hydrogen-bond donors (Lipinski definition) is 1. The van der Waals surface area contributed by atoms with E-state index in [9.17, 15) is 14.3 Å². The van der Waals surface area contributed by atoms with Gasteiger partial charge in [0.15, 0.2) is 12.6 Å². The molecule has 3 rings (SSSR count). The summed E-state index contributed by atoms with van der Waals surface area (Å²) in [7, 11) is 0. The first-order valence-corrected chi connectivity index (χ1v) is 8.51. The number of phenolic OH excluding ortho intramolecular Hbond substituents is 1. The van der Waals surface area contributed by atoms with Crippen LogP contribution in [0.5, 0.6) is 5.75 Å². The number of allylic oxidation sites excluding steroid dienone is 3. The van der Waals surface area contributed by atoms with E-state index in [1.807, 2.05) is 26.0 Å². The molecule has 0 saturated carbocycles. The lowest BCUT2D eigenvalue weighted by Crippen LogP contribution is -2.44. The van der Waals surface area contributed by atoms with Gasteiger partial charge in [0.2, 0.25) is 0 Å². The number of benzene rings is 1. The predicted molar refractivity (Wildman–Crippen MR) is 91.4 cm³/mol. The lowest BCUT2D eigenvalue weighted by molar-refractivity contribution is -0.121. The molecule has 0 bridgehead atoms. The third-order valence-electron chi connectivity index (χ3n) is 5.22. The fourth-order valence-corrected chi connectivity index (χ4v) is 3.72. The molecule has 1 N–H and O–H groups in total. The molecule has 1 heterocycles. The average molecular weight is 346 g/mol. The maximum Gasteiger partial charge on any atom is 0.189 e. The summed E-state index contributed by atoms with van der Waals surface area (Å²) in [5.41, 5.74) is 0.189. The molecule has 0 radical (unpaired) electrons. The van der Waals surface area contributed by atoms with Crippen LogP contribution in [0.15, 0.2) is 36.1 Å². The second kappa shape index (κ2) is 6.64.